The van der Waals surface area contributed by atoms with E-state index in [0.29, 0.717) is 24.5 Å². The van der Waals surface area contributed by atoms with Gasteiger partial charge >= 0.3 is 0 Å². The van der Waals surface area contributed by atoms with Crippen LogP contribution in [0.15, 0.2) is 36.5 Å². The molecule has 1 aliphatic heterocycles. The van der Waals surface area contributed by atoms with E-state index in [2.05, 4.69) is 4.98 Å². The van der Waals surface area contributed by atoms with Gasteiger partial charge in [-0.05, 0) is 37.6 Å². The highest BCUT2D eigenvalue weighted by Gasteiger charge is 2.28. The van der Waals surface area contributed by atoms with E-state index in [0.717, 1.165) is 5.56 Å². The molecule has 2 unspecified atom stereocenters. The van der Waals surface area contributed by atoms with Gasteiger partial charge in [0.2, 0.25) is 0 Å². The molecular formula is C17H18FN3O3. The number of aromatic nitrogens is 1. The Kier molecular flexibility index (Phi) is 4.44. The normalized spacial score (nSPS) is 20.9. The number of ether oxygens (including phenoxy) is 1. The largest absolute Gasteiger partial charge is 0.367 e. The first kappa shape index (κ1) is 16.3. The van der Waals surface area contributed by atoms with E-state index in [1.165, 1.54) is 18.3 Å². The summed E-state index contributed by atoms with van der Waals surface area (Å²) in [4.78, 5) is 16.8. The molecule has 0 aliphatic carbocycles. The lowest BCUT2D eigenvalue weighted by Crippen LogP contribution is -2.43. The molecule has 24 heavy (non-hydrogen) atoms. The van der Waals surface area contributed by atoms with Crippen molar-refractivity contribution in [1.29, 1.82) is 0 Å². The third kappa shape index (κ3) is 3.35. The van der Waals surface area contributed by atoms with Crippen LogP contribution < -0.4 is 4.90 Å². The lowest BCUT2D eigenvalue weighted by Gasteiger charge is -2.37. The topological polar surface area (TPSA) is 68.5 Å². The van der Waals surface area contributed by atoms with E-state index < -0.39 is 4.92 Å². The summed E-state index contributed by atoms with van der Waals surface area (Å²) in [6.07, 6.45) is 1.05. The first-order valence-corrected chi connectivity index (χ1v) is 7.71. The summed E-state index contributed by atoms with van der Waals surface area (Å²) in [5, 5.41) is 10.9. The SMILES string of the molecule is Cc1cc(N2CC(C)OC(c3ccc(F)cc3)C2)ncc1[N+](=O)[O-]. The van der Waals surface area contributed by atoms with Crippen molar-refractivity contribution in [3.8, 4) is 0 Å². The number of anilines is 1. The molecule has 7 heteroatoms. The van der Waals surface area contributed by atoms with Gasteiger partial charge in [-0.15, -0.1) is 0 Å². The van der Waals surface area contributed by atoms with E-state index >= 15 is 0 Å². The van der Waals surface area contributed by atoms with Crippen molar-refractivity contribution in [3.63, 3.8) is 0 Å². The molecule has 2 heterocycles. The van der Waals surface area contributed by atoms with Crippen molar-refractivity contribution in [3.05, 3.63) is 63.6 Å². The molecule has 1 fully saturated rings. The maximum absolute atomic E-state index is 13.1. The smallest absolute Gasteiger partial charge is 0.290 e. The number of morpholine rings is 1. The summed E-state index contributed by atoms with van der Waals surface area (Å²) in [5.41, 5.74) is 1.48. The summed E-state index contributed by atoms with van der Waals surface area (Å²) in [7, 11) is 0. The third-order valence-corrected chi connectivity index (χ3v) is 4.09. The van der Waals surface area contributed by atoms with Gasteiger partial charge < -0.3 is 9.64 Å². The van der Waals surface area contributed by atoms with Crippen molar-refractivity contribution >= 4 is 11.5 Å². The van der Waals surface area contributed by atoms with Crippen LogP contribution in [-0.4, -0.2) is 29.1 Å². The Hall–Kier alpha value is -2.54. The molecule has 2 aromatic rings. The van der Waals surface area contributed by atoms with Crippen LogP contribution in [0.3, 0.4) is 0 Å². The molecule has 1 aromatic heterocycles. The molecule has 2 atom stereocenters. The molecule has 0 N–H and O–H groups in total. The summed E-state index contributed by atoms with van der Waals surface area (Å²) in [6.45, 7) is 4.85. The number of pyridine rings is 1. The maximum atomic E-state index is 13.1. The number of rotatable bonds is 3. The van der Waals surface area contributed by atoms with Crippen molar-refractivity contribution in [1.82, 2.24) is 4.98 Å². The van der Waals surface area contributed by atoms with Crippen LogP contribution in [0.4, 0.5) is 15.9 Å². The van der Waals surface area contributed by atoms with Gasteiger partial charge in [-0.3, -0.25) is 10.1 Å². The van der Waals surface area contributed by atoms with Crippen molar-refractivity contribution < 1.29 is 14.1 Å². The fourth-order valence-corrected chi connectivity index (χ4v) is 2.90. The minimum atomic E-state index is -0.435. The predicted molar refractivity (Wildman–Crippen MR) is 87.5 cm³/mol. The molecule has 0 spiro atoms. The standard InChI is InChI=1S/C17H18FN3O3/c1-11-7-17(19-8-15(11)21(22)23)20-9-12(2)24-16(10-20)13-3-5-14(18)6-4-13/h3-8,12,16H,9-10H2,1-2H3. The van der Waals surface area contributed by atoms with E-state index in [1.54, 1.807) is 25.1 Å². The number of aryl methyl sites for hydroxylation is 1. The lowest BCUT2D eigenvalue weighted by molar-refractivity contribution is -0.385. The van der Waals surface area contributed by atoms with E-state index in [1.807, 2.05) is 11.8 Å². The second-order valence-corrected chi connectivity index (χ2v) is 5.98. The van der Waals surface area contributed by atoms with Crippen LogP contribution in [0.1, 0.15) is 24.2 Å². The first-order valence-electron chi connectivity index (χ1n) is 7.71. The molecule has 0 bridgehead atoms. The average Bonchev–Trinajstić information content (AvgIpc) is 2.54. The van der Waals surface area contributed by atoms with Crippen LogP contribution in [-0.2, 0) is 4.74 Å². The van der Waals surface area contributed by atoms with Crippen LogP contribution >= 0.6 is 0 Å². The molecule has 126 valence electrons. The van der Waals surface area contributed by atoms with Gasteiger partial charge in [0.1, 0.15) is 23.9 Å². The Bertz CT molecular complexity index is 751. The number of hydrogen-bond acceptors (Lipinski definition) is 5. The van der Waals surface area contributed by atoms with Gasteiger partial charge in [0, 0.05) is 18.7 Å². The Morgan fingerprint density at radius 3 is 2.67 bits per heavy atom. The average molecular weight is 331 g/mol. The Balaban J connectivity index is 1.84. The van der Waals surface area contributed by atoms with Gasteiger partial charge in [0.15, 0.2) is 0 Å². The summed E-state index contributed by atoms with van der Waals surface area (Å²) in [5.74, 6) is 0.396. The Labute approximate surface area is 139 Å². The lowest BCUT2D eigenvalue weighted by atomic mass is 10.1. The molecule has 3 rings (SSSR count). The highest BCUT2D eigenvalue weighted by Crippen LogP contribution is 2.29. The van der Waals surface area contributed by atoms with Crippen LogP contribution in [0, 0.1) is 22.9 Å². The summed E-state index contributed by atoms with van der Waals surface area (Å²) in [6, 6.07) is 7.97. The second kappa shape index (κ2) is 6.52. The minimum absolute atomic E-state index is 0.00939. The molecule has 0 saturated carbocycles. The number of benzene rings is 1. The van der Waals surface area contributed by atoms with Gasteiger partial charge in [-0.2, -0.15) is 0 Å². The van der Waals surface area contributed by atoms with E-state index in [4.69, 9.17) is 4.74 Å². The minimum Gasteiger partial charge on any atom is -0.367 e. The molecule has 6 nitrogen and oxygen atoms in total. The molecule has 1 aromatic carbocycles. The number of nitrogens with zero attached hydrogens (tertiary/aromatic N) is 3. The van der Waals surface area contributed by atoms with E-state index in [9.17, 15) is 14.5 Å². The number of nitro groups is 1. The van der Waals surface area contributed by atoms with Gasteiger partial charge in [0.05, 0.1) is 11.0 Å². The fourth-order valence-electron chi connectivity index (χ4n) is 2.90. The van der Waals surface area contributed by atoms with Crippen LogP contribution in [0.25, 0.3) is 0 Å². The van der Waals surface area contributed by atoms with Crippen LogP contribution in [0.2, 0.25) is 0 Å². The molecule has 0 amide bonds. The second-order valence-electron chi connectivity index (χ2n) is 5.98. The van der Waals surface area contributed by atoms with Gasteiger partial charge in [-0.1, -0.05) is 12.1 Å². The van der Waals surface area contributed by atoms with Crippen molar-refractivity contribution in [2.75, 3.05) is 18.0 Å². The third-order valence-electron chi connectivity index (χ3n) is 4.09. The van der Waals surface area contributed by atoms with Crippen molar-refractivity contribution in [2.24, 2.45) is 0 Å². The quantitative estimate of drug-likeness (QED) is 0.637. The van der Waals surface area contributed by atoms with Crippen molar-refractivity contribution in [2.45, 2.75) is 26.1 Å². The van der Waals surface area contributed by atoms with E-state index in [-0.39, 0.29) is 23.7 Å². The number of halogens is 1. The highest BCUT2D eigenvalue weighted by molar-refractivity contribution is 5.49. The van der Waals surface area contributed by atoms with Gasteiger partial charge in [0.25, 0.3) is 5.69 Å². The zero-order valence-electron chi connectivity index (χ0n) is 13.5. The molecular weight excluding hydrogens is 313 g/mol. The zero-order chi connectivity index (χ0) is 17.3. The fraction of sp³-hybridized carbons (Fsp3) is 0.353. The number of hydrogen-bond donors (Lipinski definition) is 0. The zero-order valence-corrected chi connectivity index (χ0v) is 13.5. The Morgan fingerprint density at radius 2 is 2.04 bits per heavy atom. The molecule has 0 radical (unpaired) electrons. The predicted octanol–water partition coefficient (Wildman–Crippen LogP) is 3.40. The monoisotopic (exact) mass is 331 g/mol. The molecule has 1 aliphatic rings. The summed E-state index contributed by atoms with van der Waals surface area (Å²) < 4.78 is 19.1. The maximum Gasteiger partial charge on any atom is 0.290 e. The molecule has 1 saturated heterocycles. The highest BCUT2D eigenvalue weighted by atomic mass is 19.1. The first-order chi connectivity index (χ1) is 11.4. The van der Waals surface area contributed by atoms with Crippen LogP contribution in [0.5, 0.6) is 0 Å². The Morgan fingerprint density at radius 1 is 1.33 bits per heavy atom. The van der Waals surface area contributed by atoms with Gasteiger partial charge in [-0.25, -0.2) is 9.37 Å². The summed E-state index contributed by atoms with van der Waals surface area (Å²) >= 11 is 0.